The monoisotopic (exact) mass is 406 g/mol. The van der Waals surface area contributed by atoms with Crippen LogP contribution in [0.1, 0.15) is 5.56 Å². The molecule has 1 amide bonds. The van der Waals surface area contributed by atoms with E-state index >= 15 is 0 Å². The number of halogens is 1. The maximum absolute atomic E-state index is 13.8. The highest BCUT2D eigenvalue weighted by Crippen LogP contribution is 2.22. The number of hydrogen-bond acceptors (Lipinski definition) is 5. The van der Waals surface area contributed by atoms with Crippen molar-refractivity contribution in [2.24, 2.45) is 0 Å². The van der Waals surface area contributed by atoms with Gasteiger partial charge >= 0.3 is 0 Å². The van der Waals surface area contributed by atoms with E-state index in [2.05, 4.69) is 15.1 Å². The molecule has 7 heteroatoms. The minimum Gasteiger partial charge on any atom is -0.497 e. The smallest absolute Gasteiger partial charge is 0.227 e. The third-order valence-corrected chi connectivity index (χ3v) is 5.29. The maximum Gasteiger partial charge on any atom is 0.227 e. The molecule has 154 valence electrons. The Morgan fingerprint density at radius 1 is 0.967 bits per heavy atom. The van der Waals surface area contributed by atoms with Gasteiger partial charge in [0, 0.05) is 31.7 Å². The first-order valence-corrected chi connectivity index (χ1v) is 9.88. The number of carbonyl (C=O) groups is 1. The third kappa shape index (κ3) is 4.40. The van der Waals surface area contributed by atoms with Gasteiger partial charge in [0.2, 0.25) is 5.91 Å². The highest BCUT2D eigenvalue weighted by molar-refractivity contribution is 5.79. The number of ether oxygens (including phenoxy) is 1. The summed E-state index contributed by atoms with van der Waals surface area (Å²) >= 11 is 0. The Bertz CT molecular complexity index is 1000. The molecule has 6 nitrogen and oxygen atoms in total. The molecule has 1 aliphatic rings. The van der Waals surface area contributed by atoms with E-state index in [0.29, 0.717) is 31.7 Å². The predicted molar refractivity (Wildman–Crippen MR) is 113 cm³/mol. The fourth-order valence-corrected chi connectivity index (χ4v) is 3.51. The van der Waals surface area contributed by atoms with Crippen molar-refractivity contribution < 1.29 is 13.9 Å². The summed E-state index contributed by atoms with van der Waals surface area (Å²) in [6, 6.07) is 18.0. The first-order chi connectivity index (χ1) is 14.6. The van der Waals surface area contributed by atoms with Crippen molar-refractivity contribution in [2.45, 2.75) is 6.42 Å². The molecule has 0 unspecified atom stereocenters. The number of amides is 1. The van der Waals surface area contributed by atoms with Gasteiger partial charge in [-0.2, -0.15) is 0 Å². The van der Waals surface area contributed by atoms with Gasteiger partial charge in [-0.05, 0) is 48.0 Å². The van der Waals surface area contributed by atoms with Crippen LogP contribution in [-0.2, 0) is 11.2 Å². The second-order valence-electron chi connectivity index (χ2n) is 7.14. The van der Waals surface area contributed by atoms with Crippen LogP contribution in [0, 0.1) is 5.82 Å². The number of benzene rings is 2. The number of piperazine rings is 1. The fraction of sp³-hybridized carbons (Fsp3) is 0.261. The van der Waals surface area contributed by atoms with E-state index in [0.717, 1.165) is 22.8 Å². The van der Waals surface area contributed by atoms with E-state index in [-0.39, 0.29) is 18.1 Å². The zero-order chi connectivity index (χ0) is 20.9. The molecule has 0 spiro atoms. The second-order valence-corrected chi connectivity index (χ2v) is 7.14. The summed E-state index contributed by atoms with van der Waals surface area (Å²) < 4.78 is 19.0. The Labute approximate surface area is 174 Å². The molecule has 3 aromatic rings. The van der Waals surface area contributed by atoms with Gasteiger partial charge in [0.1, 0.15) is 11.6 Å². The van der Waals surface area contributed by atoms with Crippen LogP contribution in [0.25, 0.3) is 11.3 Å². The average Bonchev–Trinajstić information content (AvgIpc) is 2.81. The lowest BCUT2D eigenvalue weighted by Gasteiger charge is -2.35. The highest BCUT2D eigenvalue weighted by Gasteiger charge is 2.23. The van der Waals surface area contributed by atoms with Crippen molar-refractivity contribution in [1.29, 1.82) is 0 Å². The molecule has 0 atom stereocenters. The van der Waals surface area contributed by atoms with Gasteiger partial charge in [0.05, 0.1) is 19.2 Å². The van der Waals surface area contributed by atoms with Crippen molar-refractivity contribution >= 4 is 11.7 Å². The number of anilines is 1. The van der Waals surface area contributed by atoms with Gasteiger partial charge in [0.25, 0.3) is 0 Å². The van der Waals surface area contributed by atoms with Crippen LogP contribution < -0.4 is 9.64 Å². The summed E-state index contributed by atoms with van der Waals surface area (Å²) in [7, 11) is 1.64. The van der Waals surface area contributed by atoms with Crippen LogP contribution in [0.5, 0.6) is 5.75 Å². The van der Waals surface area contributed by atoms with Crippen LogP contribution in [0.3, 0.4) is 0 Å². The quantitative estimate of drug-likeness (QED) is 0.651. The predicted octanol–water partition coefficient (Wildman–Crippen LogP) is 3.18. The average molecular weight is 406 g/mol. The molecule has 1 saturated heterocycles. The molecule has 0 saturated carbocycles. The molecule has 0 aliphatic carbocycles. The molecule has 1 aromatic heterocycles. The summed E-state index contributed by atoms with van der Waals surface area (Å²) in [5, 5.41) is 8.71. The Morgan fingerprint density at radius 2 is 1.70 bits per heavy atom. The molecule has 2 aromatic carbocycles. The van der Waals surface area contributed by atoms with Crippen LogP contribution in [0.4, 0.5) is 10.2 Å². The highest BCUT2D eigenvalue weighted by atomic mass is 19.1. The molecule has 0 radical (unpaired) electrons. The fourth-order valence-electron chi connectivity index (χ4n) is 3.51. The molecule has 1 aliphatic heterocycles. The number of nitrogens with zero attached hydrogens (tertiary/aromatic N) is 4. The van der Waals surface area contributed by atoms with Crippen LogP contribution in [0.15, 0.2) is 60.7 Å². The Kier molecular flexibility index (Phi) is 5.88. The van der Waals surface area contributed by atoms with Gasteiger partial charge in [-0.15, -0.1) is 10.2 Å². The minimum absolute atomic E-state index is 0.0549. The molecule has 2 heterocycles. The Balaban J connectivity index is 1.34. The van der Waals surface area contributed by atoms with Crippen LogP contribution in [-0.4, -0.2) is 54.3 Å². The van der Waals surface area contributed by atoms with E-state index in [4.69, 9.17) is 4.74 Å². The van der Waals surface area contributed by atoms with Gasteiger partial charge in [-0.3, -0.25) is 4.79 Å². The van der Waals surface area contributed by atoms with Crippen molar-refractivity contribution in [2.75, 3.05) is 38.2 Å². The number of hydrogen-bond donors (Lipinski definition) is 0. The maximum atomic E-state index is 13.8. The number of rotatable bonds is 5. The zero-order valence-corrected chi connectivity index (χ0v) is 16.8. The van der Waals surface area contributed by atoms with Crippen molar-refractivity contribution in [1.82, 2.24) is 15.1 Å². The summed E-state index contributed by atoms with van der Waals surface area (Å²) in [5.74, 6) is 1.19. The topological polar surface area (TPSA) is 58.6 Å². The summed E-state index contributed by atoms with van der Waals surface area (Å²) in [5.41, 5.74) is 2.20. The minimum atomic E-state index is -0.336. The largest absolute Gasteiger partial charge is 0.497 e. The number of methoxy groups -OCH3 is 1. The lowest BCUT2D eigenvalue weighted by atomic mass is 10.1. The van der Waals surface area contributed by atoms with E-state index in [1.807, 2.05) is 36.4 Å². The summed E-state index contributed by atoms with van der Waals surface area (Å²) in [4.78, 5) is 16.4. The molecule has 0 N–H and O–H groups in total. The van der Waals surface area contributed by atoms with E-state index in [1.54, 1.807) is 30.2 Å². The van der Waals surface area contributed by atoms with Crippen molar-refractivity contribution in [3.63, 3.8) is 0 Å². The van der Waals surface area contributed by atoms with E-state index in [9.17, 15) is 9.18 Å². The summed E-state index contributed by atoms with van der Waals surface area (Å²) in [6.45, 7) is 2.49. The lowest BCUT2D eigenvalue weighted by molar-refractivity contribution is -0.130. The van der Waals surface area contributed by atoms with E-state index in [1.165, 1.54) is 6.07 Å². The SMILES string of the molecule is COc1ccc(-c2ccc(N3CCN(C(=O)Cc4ccccc4F)CC3)nn2)cc1. The number of carbonyl (C=O) groups excluding carboxylic acids is 1. The Hall–Kier alpha value is -3.48. The molecule has 1 fully saturated rings. The molecule has 0 bridgehead atoms. The number of aromatic nitrogens is 2. The molecular weight excluding hydrogens is 383 g/mol. The van der Waals surface area contributed by atoms with E-state index < -0.39 is 0 Å². The molecular formula is C23H23FN4O2. The zero-order valence-electron chi connectivity index (χ0n) is 16.8. The first kappa shape index (κ1) is 19.8. The summed E-state index contributed by atoms with van der Waals surface area (Å²) in [6.07, 6.45) is 0.0863. The van der Waals surface area contributed by atoms with Gasteiger partial charge in [0.15, 0.2) is 5.82 Å². The van der Waals surface area contributed by atoms with Gasteiger partial charge in [-0.1, -0.05) is 18.2 Å². The lowest BCUT2D eigenvalue weighted by Crippen LogP contribution is -2.49. The Morgan fingerprint density at radius 3 is 2.33 bits per heavy atom. The standard InChI is InChI=1S/C23H23FN4O2/c1-30-19-8-6-17(7-9-19)21-10-11-22(26-25-21)27-12-14-28(15-13-27)23(29)16-18-4-2-3-5-20(18)24/h2-11H,12-16H2,1H3. The molecule has 30 heavy (non-hydrogen) atoms. The van der Waals surface area contributed by atoms with Gasteiger partial charge in [-0.25, -0.2) is 4.39 Å². The van der Waals surface area contributed by atoms with Crippen LogP contribution >= 0.6 is 0 Å². The van der Waals surface area contributed by atoms with Crippen molar-refractivity contribution in [3.05, 3.63) is 72.0 Å². The second kappa shape index (κ2) is 8.90. The first-order valence-electron chi connectivity index (χ1n) is 9.88. The van der Waals surface area contributed by atoms with Crippen molar-refractivity contribution in [3.8, 4) is 17.0 Å². The molecule has 4 rings (SSSR count). The van der Waals surface area contributed by atoms with Crippen LogP contribution in [0.2, 0.25) is 0 Å². The third-order valence-electron chi connectivity index (χ3n) is 5.29. The van der Waals surface area contributed by atoms with Gasteiger partial charge < -0.3 is 14.5 Å². The normalized spacial score (nSPS) is 13.9.